The molecule has 5 heteroatoms. The van der Waals surface area contributed by atoms with Gasteiger partial charge in [0.2, 0.25) is 0 Å². The molecule has 0 saturated carbocycles. The van der Waals surface area contributed by atoms with E-state index in [9.17, 15) is 5.11 Å². The third-order valence-corrected chi connectivity index (χ3v) is 5.11. The average molecular weight is 416 g/mol. The second-order valence-electron chi connectivity index (χ2n) is 8.48. The number of anilines is 1. The van der Waals surface area contributed by atoms with Crippen LogP contribution in [0, 0.1) is 6.92 Å². The van der Waals surface area contributed by atoms with Gasteiger partial charge < -0.3 is 16.2 Å². The lowest BCUT2D eigenvalue weighted by molar-refractivity contribution is 0.0785. The monoisotopic (exact) mass is 415 g/mol. The Morgan fingerprint density at radius 3 is 1.79 bits per heavy atom. The molecule has 0 aliphatic heterocycles. The van der Waals surface area contributed by atoms with E-state index in [-0.39, 0.29) is 0 Å². The summed E-state index contributed by atoms with van der Waals surface area (Å²) in [7, 11) is 0. The number of aryl methyl sites for hydroxylation is 1. The minimum atomic E-state index is -0.766. The van der Waals surface area contributed by atoms with Gasteiger partial charge in [-0.1, -0.05) is 64.1 Å². The van der Waals surface area contributed by atoms with Crippen LogP contribution < -0.4 is 16.2 Å². The van der Waals surface area contributed by atoms with Crippen LogP contribution >= 0.6 is 11.9 Å². The smallest absolute Gasteiger partial charge is 0.0930 e. The Morgan fingerprint density at radius 2 is 1.48 bits per heavy atom. The lowest BCUT2D eigenvalue weighted by Gasteiger charge is -2.21. The van der Waals surface area contributed by atoms with Gasteiger partial charge in [-0.2, -0.15) is 0 Å². The summed E-state index contributed by atoms with van der Waals surface area (Å²) in [5.74, 6) is 1.43. The van der Waals surface area contributed by atoms with Crippen LogP contribution in [0.4, 0.5) is 5.69 Å². The summed E-state index contributed by atoms with van der Waals surface area (Å²) in [6, 6.07) is 12.0. The molecule has 160 valence electrons. The highest BCUT2D eigenvalue weighted by Gasteiger charge is 2.15. The van der Waals surface area contributed by atoms with Gasteiger partial charge in [0, 0.05) is 10.6 Å². The molecule has 0 spiro atoms. The minimum absolute atomic E-state index is 0.467. The van der Waals surface area contributed by atoms with E-state index in [1.165, 1.54) is 28.6 Å². The second kappa shape index (κ2) is 10.7. The Balaban J connectivity index is 0.000000308. The Bertz CT molecular complexity index is 777. The van der Waals surface area contributed by atoms with Crippen molar-refractivity contribution in [1.29, 1.82) is 0 Å². The van der Waals surface area contributed by atoms with Gasteiger partial charge in [0.25, 0.3) is 0 Å². The summed E-state index contributed by atoms with van der Waals surface area (Å²) in [5, 5.41) is 18.2. The van der Waals surface area contributed by atoms with E-state index >= 15 is 0 Å². The van der Waals surface area contributed by atoms with Crippen LogP contribution in [-0.4, -0.2) is 5.11 Å². The summed E-state index contributed by atoms with van der Waals surface area (Å²) >= 11 is 1.21. The molecule has 0 unspecified atom stereocenters. The normalized spacial score (nSPS) is 11.3. The van der Waals surface area contributed by atoms with Crippen molar-refractivity contribution in [2.24, 2.45) is 10.9 Å². The maximum Gasteiger partial charge on any atom is 0.0930 e. The van der Waals surface area contributed by atoms with E-state index < -0.39 is 5.60 Å². The van der Waals surface area contributed by atoms with Gasteiger partial charge in [0.1, 0.15) is 0 Å². The largest absolute Gasteiger partial charge is 0.386 e. The van der Waals surface area contributed by atoms with Gasteiger partial charge in [-0.05, 0) is 73.4 Å². The Morgan fingerprint density at radius 1 is 1.03 bits per heavy atom. The van der Waals surface area contributed by atoms with Crippen molar-refractivity contribution < 1.29 is 5.11 Å². The van der Waals surface area contributed by atoms with Crippen molar-refractivity contribution in [2.45, 2.75) is 70.8 Å². The maximum atomic E-state index is 9.61. The fraction of sp³-hybridized carbons (Fsp3) is 0.417. The topological polar surface area (TPSA) is 84.3 Å². The SMILES string of the molecule is C=C(N)Nc1c(C(C)C)cc(C)cc1C(C)C.CC(C)(O)c1ccc(SN)cc1. The van der Waals surface area contributed by atoms with E-state index in [2.05, 4.69) is 58.6 Å². The third kappa shape index (κ3) is 7.77. The molecule has 0 amide bonds. The maximum absolute atomic E-state index is 9.61. The lowest BCUT2D eigenvalue weighted by atomic mass is 9.90. The number of hydrogen-bond acceptors (Lipinski definition) is 5. The van der Waals surface area contributed by atoms with Crippen molar-refractivity contribution in [1.82, 2.24) is 0 Å². The van der Waals surface area contributed by atoms with Gasteiger partial charge in [-0.15, -0.1) is 0 Å². The van der Waals surface area contributed by atoms with Gasteiger partial charge in [0.15, 0.2) is 0 Å². The molecule has 0 aliphatic rings. The Hall–Kier alpha value is -1.95. The van der Waals surface area contributed by atoms with Gasteiger partial charge in [-0.25, -0.2) is 0 Å². The summed E-state index contributed by atoms with van der Waals surface area (Å²) in [5.41, 5.74) is 10.9. The highest BCUT2D eigenvalue weighted by Crippen LogP contribution is 2.34. The molecule has 4 nitrogen and oxygen atoms in total. The van der Waals surface area contributed by atoms with Crippen LogP contribution in [0.25, 0.3) is 0 Å². The molecule has 0 bridgehead atoms. The zero-order valence-electron chi connectivity index (χ0n) is 18.8. The van der Waals surface area contributed by atoms with E-state index in [1.54, 1.807) is 13.8 Å². The first-order valence-corrected chi connectivity index (χ1v) is 10.8. The highest BCUT2D eigenvalue weighted by atomic mass is 32.2. The molecule has 0 radical (unpaired) electrons. The van der Waals surface area contributed by atoms with Crippen molar-refractivity contribution in [3.05, 3.63) is 71.1 Å². The number of hydrogen-bond donors (Lipinski definition) is 4. The number of aliphatic hydroxyl groups is 1. The first-order valence-electron chi connectivity index (χ1n) is 9.92. The minimum Gasteiger partial charge on any atom is -0.386 e. The van der Waals surface area contributed by atoms with Crippen LogP contribution in [0.3, 0.4) is 0 Å². The van der Waals surface area contributed by atoms with Crippen LogP contribution in [0.1, 0.15) is 75.6 Å². The molecule has 0 heterocycles. The average Bonchev–Trinajstić information content (AvgIpc) is 2.62. The first kappa shape index (κ1) is 25.1. The molecule has 0 saturated heterocycles. The number of benzene rings is 2. The van der Waals surface area contributed by atoms with Gasteiger partial charge >= 0.3 is 0 Å². The molecule has 0 aliphatic carbocycles. The number of nitrogens with one attached hydrogen (secondary N) is 1. The Kier molecular flexibility index (Phi) is 9.27. The highest BCUT2D eigenvalue weighted by molar-refractivity contribution is 7.97. The zero-order chi connectivity index (χ0) is 22.4. The predicted molar refractivity (Wildman–Crippen MR) is 128 cm³/mol. The van der Waals surface area contributed by atoms with E-state index in [4.69, 9.17) is 10.9 Å². The van der Waals surface area contributed by atoms with Crippen molar-refractivity contribution >= 4 is 17.6 Å². The van der Waals surface area contributed by atoms with Crippen LogP contribution in [0.2, 0.25) is 0 Å². The summed E-state index contributed by atoms with van der Waals surface area (Å²) in [6.45, 7) is 18.2. The predicted octanol–water partition coefficient (Wildman–Crippen LogP) is 5.96. The van der Waals surface area contributed by atoms with Crippen LogP contribution in [0.5, 0.6) is 0 Å². The molecule has 0 atom stereocenters. The molecule has 6 N–H and O–H groups in total. The summed E-state index contributed by atoms with van der Waals surface area (Å²) < 4.78 is 0. The second-order valence-corrected chi connectivity index (χ2v) is 9.19. The molecular formula is C24H37N3OS. The van der Waals surface area contributed by atoms with Gasteiger partial charge in [-0.3, -0.25) is 5.14 Å². The third-order valence-electron chi connectivity index (χ3n) is 4.57. The molecular weight excluding hydrogens is 378 g/mol. The number of rotatable bonds is 6. The molecule has 29 heavy (non-hydrogen) atoms. The van der Waals surface area contributed by atoms with Crippen LogP contribution in [-0.2, 0) is 5.60 Å². The fourth-order valence-corrected chi connectivity index (χ4v) is 3.29. The quantitative estimate of drug-likeness (QED) is 0.437. The van der Waals surface area contributed by atoms with Gasteiger partial charge in [0.05, 0.1) is 11.4 Å². The molecule has 0 aromatic heterocycles. The number of nitrogens with two attached hydrogens (primary N) is 2. The standard InChI is InChI=1S/C15H24N2.C9H13NOS/c1-9(2)13-7-11(5)8-14(10(3)4)15(13)17-12(6)16;1-9(2,11)7-3-5-8(12-10)6-4-7/h7-10,17H,6,16H2,1-5H3;3-6,11H,10H2,1-2H3. The van der Waals surface area contributed by atoms with E-state index in [0.717, 1.165) is 16.1 Å². The molecule has 2 aromatic carbocycles. The molecule has 0 fully saturated rings. The molecule has 2 aromatic rings. The lowest BCUT2D eigenvalue weighted by Crippen LogP contribution is -2.14. The van der Waals surface area contributed by atoms with Crippen molar-refractivity contribution in [3.8, 4) is 0 Å². The summed E-state index contributed by atoms with van der Waals surface area (Å²) in [4.78, 5) is 1.00. The van der Waals surface area contributed by atoms with E-state index in [1.807, 2.05) is 24.3 Å². The van der Waals surface area contributed by atoms with Crippen molar-refractivity contribution in [3.63, 3.8) is 0 Å². The van der Waals surface area contributed by atoms with Crippen LogP contribution in [0.15, 0.2) is 53.7 Å². The molecule has 2 rings (SSSR count). The fourth-order valence-electron chi connectivity index (χ4n) is 3.00. The Labute approximate surface area is 180 Å². The van der Waals surface area contributed by atoms with Crippen molar-refractivity contribution in [2.75, 3.05) is 5.32 Å². The summed E-state index contributed by atoms with van der Waals surface area (Å²) in [6.07, 6.45) is 0. The van der Waals surface area contributed by atoms with E-state index in [0.29, 0.717) is 17.7 Å². The first-order chi connectivity index (χ1) is 13.4. The zero-order valence-corrected chi connectivity index (χ0v) is 19.7.